The smallest absolute Gasteiger partial charge is 0.183 e. The fraction of sp³-hybridized carbons (Fsp3) is 0.304. The Morgan fingerprint density at radius 1 is 0.310 bits per heavy atom. The molecular weight excluding hydrogens is 1140 g/mol. The van der Waals surface area contributed by atoms with Crippen LogP contribution in [0.25, 0.3) is 65.4 Å². The highest BCUT2D eigenvalue weighted by molar-refractivity contribution is 5.84. The number of H-pyrrole nitrogens is 6. The molecule has 18 heteroatoms. The third kappa shape index (κ3) is 19.4. The molecule has 0 saturated heterocycles. The van der Waals surface area contributed by atoms with Crippen LogP contribution in [-0.4, -0.2) is 29.9 Å². The minimum absolute atomic E-state index is 0.00764. The number of hydrogen-bond donors (Lipinski definition) is 6. The summed E-state index contributed by atoms with van der Waals surface area (Å²) in [7, 11) is 0. The molecule has 0 fully saturated rings. The number of aromatic nitrogens is 6. The van der Waals surface area contributed by atoms with Gasteiger partial charge in [-0.3, -0.25) is 0 Å². The zero-order chi connectivity index (χ0) is 66.6. The van der Waals surface area contributed by atoms with Crippen LogP contribution in [0.2, 0.25) is 0 Å². The maximum absolute atomic E-state index is 13.6. The standard InChI is InChI=1S/C12H14FN.C10H10FN.C9H6F3N.2C9H7F2N.C8H4F3N.6C2H6/c1-12(2,3)9-6-8-4-5-14-11(8)10(13)7-9;1-2-7-5-8-3-4-12-10(8)9(11)6-7;1-4-6(10)5-2-3-13-9(5)8(12)7(4)11;1-5-4-7(10)9-6(8(5)11)2-3-12-9;1-5-4-6-2-3-12-9(6)8(11)7(5)10;9-5-3-6(10)7(11)8-4(5)1-2-12-8;6*1-2/h4-7,14H,1-3H3;3-6,12H,2H2,1H3;2-3,13H,1H3;2*2-4,12H,1H3;1-3,12H;6*1-2H3. The summed E-state index contributed by atoms with van der Waals surface area (Å²) in [5.74, 6) is -8.52. The van der Waals surface area contributed by atoms with Crippen LogP contribution in [0.4, 0.5) is 52.7 Å². The Kier molecular flexibility index (Phi) is 32.9. The van der Waals surface area contributed by atoms with Crippen LogP contribution in [0, 0.1) is 90.6 Å². The van der Waals surface area contributed by atoms with Crippen molar-refractivity contribution in [3.63, 3.8) is 0 Å². The third-order valence-corrected chi connectivity index (χ3v) is 12.1. The second-order valence-electron chi connectivity index (χ2n) is 18.3. The monoisotopic (exact) mass is 1220 g/mol. The molecule has 87 heavy (non-hydrogen) atoms. The van der Waals surface area contributed by atoms with Gasteiger partial charge in [-0.15, -0.1) is 0 Å². The van der Waals surface area contributed by atoms with Gasteiger partial charge in [0, 0.05) is 81.1 Å². The molecule has 12 aromatic rings. The van der Waals surface area contributed by atoms with Gasteiger partial charge < -0.3 is 29.9 Å². The van der Waals surface area contributed by atoms with Gasteiger partial charge in [-0.2, -0.15) is 0 Å². The minimum atomic E-state index is -1.18. The van der Waals surface area contributed by atoms with Crippen molar-refractivity contribution in [2.45, 2.75) is 143 Å². The van der Waals surface area contributed by atoms with E-state index in [9.17, 15) is 52.7 Å². The van der Waals surface area contributed by atoms with Crippen LogP contribution in [-0.2, 0) is 11.8 Å². The Morgan fingerprint density at radius 3 is 1.20 bits per heavy atom. The van der Waals surface area contributed by atoms with Crippen molar-refractivity contribution in [1.82, 2.24) is 29.9 Å². The Bertz CT molecular complexity index is 3840. The van der Waals surface area contributed by atoms with Gasteiger partial charge in [0.1, 0.15) is 34.9 Å². The molecule has 474 valence electrons. The highest BCUT2D eigenvalue weighted by Crippen LogP contribution is 2.29. The minimum Gasteiger partial charge on any atom is -0.359 e. The van der Waals surface area contributed by atoms with E-state index in [1.54, 1.807) is 56.7 Å². The van der Waals surface area contributed by atoms with Gasteiger partial charge in [0.25, 0.3) is 0 Å². The number of aryl methyl sites for hydroxylation is 3. The SMILES string of the molecule is CC.CC.CC.CC.CC.CC.CC(C)(C)c1cc(F)c2[nH]ccc2c1.CCc1cc(F)c2[nH]ccc2c1.Cc1c(F)c(F)c2[nH]ccc2c1F.Cc1cc(F)c2[nH]ccc2c1F.Cc1cc2cc[nH]c2c(F)c1F.Fc1cc(F)c2cc[nH]c2c1F. The van der Waals surface area contributed by atoms with E-state index >= 15 is 0 Å². The average Bonchev–Trinajstić information content (AvgIpc) is 3.69. The molecule has 0 aliphatic carbocycles. The van der Waals surface area contributed by atoms with Crippen molar-refractivity contribution in [3.05, 3.63) is 214 Å². The van der Waals surface area contributed by atoms with Gasteiger partial charge in [0.05, 0.1) is 33.1 Å². The maximum atomic E-state index is 13.6. The molecule has 0 radical (unpaired) electrons. The molecule has 0 aliphatic heterocycles. The van der Waals surface area contributed by atoms with E-state index in [1.165, 1.54) is 49.8 Å². The molecule has 0 unspecified atom stereocenters. The first-order valence-corrected chi connectivity index (χ1v) is 29.1. The summed E-state index contributed by atoms with van der Waals surface area (Å²) in [4.78, 5) is 15.9. The average molecular weight is 1230 g/mol. The number of hydrogen-bond acceptors (Lipinski definition) is 0. The summed E-state index contributed by atoms with van der Waals surface area (Å²) in [5.41, 5.74) is 3.85. The first kappa shape index (κ1) is 76.7. The first-order valence-electron chi connectivity index (χ1n) is 29.1. The van der Waals surface area contributed by atoms with Gasteiger partial charge >= 0.3 is 0 Å². The predicted molar refractivity (Wildman–Crippen MR) is 340 cm³/mol. The second kappa shape index (κ2) is 37.3. The van der Waals surface area contributed by atoms with Crippen LogP contribution in [0.3, 0.4) is 0 Å². The topological polar surface area (TPSA) is 94.7 Å². The summed E-state index contributed by atoms with van der Waals surface area (Å²) in [5, 5.41) is 3.05. The summed E-state index contributed by atoms with van der Waals surface area (Å²) < 4.78 is 157. The van der Waals surface area contributed by atoms with Crippen molar-refractivity contribution in [3.8, 4) is 0 Å². The summed E-state index contributed by atoms with van der Waals surface area (Å²) >= 11 is 0. The van der Waals surface area contributed by atoms with E-state index in [2.05, 4.69) is 50.7 Å². The van der Waals surface area contributed by atoms with Crippen molar-refractivity contribution in [2.24, 2.45) is 0 Å². The zero-order valence-corrected chi connectivity index (χ0v) is 53.2. The van der Waals surface area contributed by atoms with Crippen LogP contribution < -0.4 is 0 Å². The largest absolute Gasteiger partial charge is 0.359 e. The second-order valence-corrected chi connectivity index (χ2v) is 18.3. The number of aromatic amines is 6. The van der Waals surface area contributed by atoms with E-state index < -0.39 is 52.4 Å². The first-order chi connectivity index (χ1) is 41.5. The van der Waals surface area contributed by atoms with E-state index in [0.29, 0.717) is 39.0 Å². The molecule has 0 spiro atoms. The van der Waals surface area contributed by atoms with Crippen LogP contribution in [0.15, 0.2) is 116 Å². The number of rotatable bonds is 1. The Labute approximate surface area is 503 Å². The lowest BCUT2D eigenvalue weighted by atomic mass is 9.86. The summed E-state index contributed by atoms with van der Waals surface area (Å²) in [6.07, 6.45) is 10.2. The lowest BCUT2D eigenvalue weighted by molar-refractivity contribution is 0.496. The molecule has 6 heterocycles. The van der Waals surface area contributed by atoms with E-state index in [-0.39, 0.29) is 61.3 Å². The van der Waals surface area contributed by atoms with Crippen LogP contribution in [0.5, 0.6) is 0 Å². The number of fused-ring (bicyclic) bond motifs is 6. The van der Waals surface area contributed by atoms with Crippen LogP contribution >= 0.6 is 0 Å². The quantitative estimate of drug-likeness (QED) is 0.0698. The van der Waals surface area contributed by atoms with Crippen molar-refractivity contribution >= 4 is 65.4 Å². The van der Waals surface area contributed by atoms with E-state index in [4.69, 9.17) is 0 Å². The summed E-state index contributed by atoms with van der Waals surface area (Å²) in [6.45, 7) is 36.6. The number of nitrogens with one attached hydrogen (secondary N) is 6. The van der Waals surface area contributed by atoms with E-state index in [1.807, 2.05) is 114 Å². The van der Waals surface area contributed by atoms with Gasteiger partial charge in [0.2, 0.25) is 0 Å². The fourth-order valence-electron chi connectivity index (χ4n) is 7.94. The molecular formula is C69H84F12N6. The number of benzene rings is 6. The highest BCUT2D eigenvalue weighted by atomic mass is 19.2. The Balaban J connectivity index is 0.000000504. The molecule has 0 aliphatic rings. The molecule has 0 saturated carbocycles. The van der Waals surface area contributed by atoms with Gasteiger partial charge in [0.15, 0.2) is 34.9 Å². The molecule has 6 aromatic heterocycles. The molecule has 6 nitrogen and oxygen atoms in total. The maximum Gasteiger partial charge on any atom is 0.183 e. The predicted octanol–water partition coefficient (Wildman–Crippen LogP) is 23.6. The zero-order valence-electron chi connectivity index (χ0n) is 53.2. The molecule has 0 amide bonds. The molecule has 0 bridgehead atoms. The van der Waals surface area contributed by atoms with Gasteiger partial charge in [-0.25, -0.2) is 52.7 Å². The van der Waals surface area contributed by atoms with Crippen molar-refractivity contribution in [2.75, 3.05) is 0 Å². The van der Waals surface area contributed by atoms with Crippen LogP contribution in [0.1, 0.15) is 139 Å². The molecule has 12 rings (SSSR count). The van der Waals surface area contributed by atoms with E-state index in [0.717, 1.165) is 28.3 Å². The van der Waals surface area contributed by atoms with Gasteiger partial charge in [-0.05, 0) is 128 Å². The Hall–Kier alpha value is -8.28. The third-order valence-electron chi connectivity index (χ3n) is 12.1. The number of halogens is 12. The fourth-order valence-corrected chi connectivity index (χ4v) is 7.94. The highest BCUT2D eigenvalue weighted by Gasteiger charge is 2.19. The van der Waals surface area contributed by atoms with Crippen molar-refractivity contribution in [1.29, 1.82) is 0 Å². The summed E-state index contributed by atoms with van der Waals surface area (Å²) in [6, 6.07) is 20.3. The lowest BCUT2D eigenvalue weighted by Crippen LogP contribution is -2.11. The molecule has 6 N–H and O–H groups in total. The normalized spacial score (nSPS) is 10.1. The van der Waals surface area contributed by atoms with Crippen molar-refractivity contribution < 1.29 is 52.7 Å². The Morgan fingerprint density at radius 2 is 0.690 bits per heavy atom. The lowest BCUT2D eigenvalue weighted by Gasteiger charge is -2.19. The van der Waals surface area contributed by atoms with Gasteiger partial charge in [-0.1, -0.05) is 111 Å². The molecule has 6 aromatic carbocycles. The molecule has 0 atom stereocenters.